The average molecular weight is 381 g/mol. The van der Waals surface area contributed by atoms with Crippen LogP contribution in [0.3, 0.4) is 0 Å². The summed E-state index contributed by atoms with van der Waals surface area (Å²) in [6.45, 7) is 1.84. The van der Waals surface area contributed by atoms with Crippen molar-refractivity contribution in [2.45, 2.75) is 6.92 Å². The van der Waals surface area contributed by atoms with Gasteiger partial charge >= 0.3 is 0 Å². The van der Waals surface area contributed by atoms with Gasteiger partial charge in [0, 0.05) is 17.3 Å². The van der Waals surface area contributed by atoms with E-state index >= 15 is 0 Å². The van der Waals surface area contributed by atoms with Gasteiger partial charge in [-0.15, -0.1) is 0 Å². The van der Waals surface area contributed by atoms with Crippen LogP contribution < -0.4 is 10.6 Å². The number of carbonyl (C=O) groups is 2. The predicted octanol–water partition coefficient (Wildman–Crippen LogP) is 4.86. The van der Waals surface area contributed by atoms with E-state index in [4.69, 9.17) is 11.6 Å². The molecule has 27 heavy (non-hydrogen) atoms. The fraction of sp³-hybridized carbons (Fsp3) is 0.0476. The van der Waals surface area contributed by atoms with Crippen molar-refractivity contribution in [1.29, 1.82) is 0 Å². The number of halogens is 1. The molecule has 0 aromatic heterocycles. The normalized spacial score (nSPS) is 10.3. The van der Waals surface area contributed by atoms with Crippen LogP contribution in [0.25, 0.3) is 0 Å². The van der Waals surface area contributed by atoms with Gasteiger partial charge in [0.15, 0.2) is 0 Å². The zero-order valence-electron chi connectivity index (χ0n) is 14.5. The Morgan fingerprint density at radius 3 is 2.15 bits per heavy atom. The summed E-state index contributed by atoms with van der Waals surface area (Å²) in [7, 11) is 0. The molecule has 0 fully saturated rings. The van der Waals surface area contributed by atoms with Crippen LogP contribution in [0.15, 0.2) is 66.7 Å². The van der Waals surface area contributed by atoms with Gasteiger partial charge in [-0.3, -0.25) is 9.59 Å². The minimum absolute atomic E-state index is 0.158. The number of aryl methyl sites for hydroxylation is 1. The second-order valence-corrected chi connectivity index (χ2v) is 6.34. The smallest absolute Gasteiger partial charge is 0.257 e. The summed E-state index contributed by atoms with van der Waals surface area (Å²) >= 11 is 6.01. The van der Waals surface area contributed by atoms with E-state index in [9.17, 15) is 14.7 Å². The lowest BCUT2D eigenvalue weighted by Gasteiger charge is -2.11. The summed E-state index contributed by atoms with van der Waals surface area (Å²) in [4.78, 5) is 24.7. The lowest BCUT2D eigenvalue weighted by Crippen LogP contribution is -2.14. The number of benzene rings is 3. The first kappa shape index (κ1) is 18.5. The van der Waals surface area contributed by atoms with Crippen LogP contribution in [0.1, 0.15) is 26.3 Å². The predicted molar refractivity (Wildman–Crippen MR) is 107 cm³/mol. The van der Waals surface area contributed by atoms with Crippen molar-refractivity contribution in [1.82, 2.24) is 0 Å². The van der Waals surface area contributed by atoms with Gasteiger partial charge in [0.2, 0.25) is 0 Å². The average Bonchev–Trinajstić information content (AvgIpc) is 2.64. The molecule has 0 aliphatic carbocycles. The van der Waals surface area contributed by atoms with E-state index in [0.29, 0.717) is 21.8 Å². The van der Waals surface area contributed by atoms with Gasteiger partial charge in [-0.25, -0.2) is 0 Å². The van der Waals surface area contributed by atoms with Gasteiger partial charge < -0.3 is 15.7 Å². The minimum Gasteiger partial charge on any atom is -0.506 e. The molecule has 0 saturated heterocycles. The number of hydrogen-bond acceptors (Lipinski definition) is 3. The number of amides is 2. The van der Waals surface area contributed by atoms with E-state index in [0.717, 1.165) is 5.56 Å². The van der Waals surface area contributed by atoms with Crippen LogP contribution in [0.4, 0.5) is 11.4 Å². The first-order chi connectivity index (χ1) is 13.0. The molecule has 3 rings (SSSR count). The molecule has 3 aromatic carbocycles. The van der Waals surface area contributed by atoms with Crippen LogP contribution in [0.5, 0.6) is 5.75 Å². The largest absolute Gasteiger partial charge is 0.506 e. The van der Waals surface area contributed by atoms with Gasteiger partial charge in [0.1, 0.15) is 5.75 Å². The molecule has 0 heterocycles. The summed E-state index contributed by atoms with van der Waals surface area (Å²) in [5, 5.41) is 15.9. The molecule has 0 unspecified atom stereocenters. The fourth-order valence-corrected chi connectivity index (χ4v) is 2.80. The molecule has 0 aliphatic rings. The molecule has 0 aliphatic heterocycles. The van der Waals surface area contributed by atoms with Crippen LogP contribution in [0.2, 0.25) is 5.02 Å². The summed E-state index contributed by atoms with van der Waals surface area (Å²) in [6.07, 6.45) is 0. The van der Waals surface area contributed by atoms with Gasteiger partial charge in [0.05, 0.1) is 16.3 Å². The zero-order chi connectivity index (χ0) is 19.4. The Kier molecular flexibility index (Phi) is 5.43. The molecule has 0 saturated carbocycles. The first-order valence-corrected chi connectivity index (χ1v) is 8.59. The number of nitrogens with one attached hydrogen (secondary N) is 2. The third-order valence-corrected chi connectivity index (χ3v) is 4.34. The van der Waals surface area contributed by atoms with Crippen LogP contribution in [0, 0.1) is 6.92 Å². The fourth-order valence-electron chi connectivity index (χ4n) is 2.58. The zero-order valence-corrected chi connectivity index (χ0v) is 15.2. The monoisotopic (exact) mass is 380 g/mol. The lowest BCUT2D eigenvalue weighted by atomic mass is 10.1. The molecule has 0 bridgehead atoms. The molecule has 3 aromatic rings. The van der Waals surface area contributed by atoms with Gasteiger partial charge in [-0.1, -0.05) is 41.9 Å². The Bertz CT molecular complexity index is 1020. The molecule has 2 amide bonds. The molecule has 5 nitrogen and oxygen atoms in total. The number of phenolic OH excluding ortho intramolecular Hbond substituents is 1. The number of rotatable bonds is 4. The van der Waals surface area contributed by atoms with Crippen LogP contribution >= 0.6 is 11.6 Å². The van der Waals surface area contributed by atoms with Crippen molar-refractivity contribution < 1.29 is 14.7 Å². The molecule has 0 atom stereocenters. The minimum atomic E-state index is -0.392. The summed E-state index contributed by atoms with van der Waals surface area (Å²) in [6, 6.07) is 18.3. The van der Waals surface area contributed by atoms with E-state index in [1.165, 1.54) is 12.1 Å². The highest BCUT2D eigenvalue weighted by molar-refractivity contribution is 6.34. The Labute approximate surface area is 161 Å². The van der Waals surface area contributed by atoms with E-state index < -0.39 is 5.91 Å². The van der Waals surface area contributed by atoms with Gasteiger partial charge in [0.25, 0.3) is 11.8 Å². The van der Waals surface area contributed by atoms with E-state index in [2.05, 4.69) is 10.6 Å². The van der Waals surface area contributed by atoms with Gasteiger partial charge in [-0.2, -0.15) is 0 Å². The van der Waals surface area contributed by atoms with E-state index in [1.807, 2.05) is 19.1 Å². The van der Waals surface area contributed by atoms with Crippen LogP contribution in [-0.2, 0) is 0 Å². The standard InChI is InChI=1S/C21H17ClN2O3/c1-13-6-2-3-7-15(13)20(26)24-18-11-10-14(12-19(18)25)23-21(27)16-8-4-5-9-17(16)22/h2-12,25H,1H3,(H,23,27)(H,24,26). The number of aromatic hydroxyl groups is 1. The van der Waals surface area contributed by atoms with E-state index in [1.54, 1.807) is 42.5 Å². The highest BCUT2D eigenvalue weighted by Crippen LogP contribution is 2.28. The third kappa shape index (κ3) is 4.27. The molecular weight excluding hydrogens is 364 g/mol. The van der Waals surface area contributed by atoms with Crippen molar-refractivity contribution in [3.63, 3.8) is 0 Å². The van der Waals surface area contributed by atoms with Crippen molar-refractivity contribution in [2.75, 3.05) is 10.6 Å². The second kappa shape index (κ2) is 7.93. The molecule has 3 N–H and O–H groups in total. The maximum absolute atomic E-state index is 12.4. The van der Waals surface area contributed by atoms with Crippen molar-refractivity contribution in [2.24, 2.45) is 0 Å². The molecule has 6 heteroatoms. The summed E-state index contributed by atoms with van der Waals surface area (Å²) in [5.41, 5.74) is 2.31. The first-order valence-electron chi connectivity index (χ1n) is 8.21. The van der Waals surface area contributed by atoms with E-state index in [-0.39, 0.29) is 17.3 Å². The SMILES string of the molecule is Cc1ccccc1C(=O)Nc1ccc(NC(=O)c2ccccc2Cl)cc1O. The van der Waals surface area contributed by atoms with Gasteiger partial charge in [-0.05, 0) is 42.8 Å². The Morgan fingerprint density at radius 2 is 1.48 bits per heavy atom. The second-order valence-electron chi connectivity index (χ2n) is 5.93. The highest BCUT2D eigenvalue weighted by atomic mass is 35.5. The lowest BCUT2D eigenvalue weighted by molar-refractivity contribution is 0.101. The summed E-state index contributed by atoms with van der Waals surface area (Å²) < 4.78 is 0. The quantitative estimate of drug-likeness (QED) is 0.565. The van der Waals surface area contributed by atoms with Crippen molar-refractivity contribution in [3.8, 4) is 5.75 Å². The highest BCUT2D eigenvalue weighted by Gasteiger charge is 2.13. The molecule has 0 spiro atoms. The Balaban J connectivity index is 1.74. The topological polar surface area (TPSA) is 78.4 Å². The Hall–Kier alpha value is -3.31. The number of carbonyl (C=O) groups excluding carboxylic acids is 2. The third-order valence-electron chi connectivity index (χ3n) is 4.01. The Morgan fingerprint density at radius 1 is 0.852 bits per heavy atom. The molecular formula is C21H17ClN2O3. The summed E-state index contributed by atoms with van der Waals surface area (Å²) in [5.74, 6) is -0.873. The number of phenols is 1. The van der Waals surface area contributed by atoms with Crippen molar-refractivity contribution in [3.05, 3.63) is 88.4 Å². The van der Waals surface area contributed by atoms with Crippen molar-refractivity contribution >= 4 is 34.8 Å². The number of anilines is 2. The maximum atomic E-state index is 12.4. The molecule has 136 valence electrons. The van der Waals surface area contributed by atoms with Crippen LogP contribution in [-0.4, -0.2) is 16.9 Å². The number of hydrogen-bond donors (Lipinski definition) is 3. The molecule has 0 radical (unpaired) electrons. The maximum Gasteiger partial charge on any atom is 0.257 e.